The molecule has 0 aliphatic rings. The monoisotopic (exact) mass is 379 g/mol. The number of benzene rings is 2. The van der Waals surface area contributed by atoms with Gasteiger partial charge >= 0.3 is 0 Å². The van der Waals surface area contributed by atoms with Gasteiger partial charge in [0, 0.05) is 13.1 Å². The first kappa shape index (κ1) is 17.1. The Hall–Kier alpha value is -2.21. The Morgan fingerprint density at radius 1 is 1.17 bits per heavy atom. The van der Waals surface area contributed by atoms with E-state index in [1.165, 1.54) is 7.11 Å². The van der Waals surface area contributed by atoms with Crippen molar-refractivity contribution < 1.29 is 19.7 Å². The fourth-order valence-corrected chi connectivity index (χ4v) is 2.92. The summed E-state index contributed by atoms with van der Waals surface area (Å²) in [5.41, 5.74) is 1.83. The van der Waals surface area contributed by atoms with Crippen molar-refractivity contribution in [3.63, 3.8) is 0 Å². The molecule has 2 aromatic carbocycles. The van der Waals surface area contributed by atoms with E-state index in [-0.39, 0.29) is 11.5 Å². The first-order valence-corrected chi connectivity index (χ1v) is 7.85. The third kappa shape index (κ3) is 4.63. The molecule has 0 bridgehead atoms. The van der Waals surface area contributed by atoms with Crippen LogP contribution < -0.4 is 4.74 Å². The number of phenols is 2. The highest BCUT2D eigenvalue weighted by Gasteiger charge is 2.11. The van der Waals surface area contributed by atoms with Gasteiger partial charge < -0.3 is 19.8 Å². The van der Waals surface area contributed by atoms with Crippen LogP contribution in [-0.4, -0.2) is 35.2 Å². The number of halogens is 1. The lowest BCUT2D eigenvalue weighted by Crippen LogP contribution is -2.24. The van der Waals surface area contributed by atoms with Gasteiger partial charge in [0.15, 0.2) is 11.5 Å². The maximum absolute atomic E-state index is 11.3. The summed E-state index contributed by atoms with van der Waals surface area (Å²) < 4.78 is 5.71. The van der Waals surface area contributed by atoms with Gasteiger partial charge in [0.25, 0.3) is 0 Å². The number of methoxy groups -OCH3 is 1. The van der Waals surface area contributed by atoms with Crippen molar-refractivity contribution in [2.75, 3.05) is 13.7 Å². The van der Waals surface area contributed by atoms with E-state index in [4.69, 9.17) is 4.74 Å². The van der Waals surface area contributed by atoms with E-state index < -0.39 is 0 Å². The van der Waals surface area contributed by atoms with Crippen LogP contribution in [0.3, 0.4) is 0 Å². The maximum Gasteiger partial charge on any atom is 0.210 e. The average molecular weight is 380 g/mol. The van der Waals surface area contributed by atoms with Gasteiger partial charge in [0.05, 0.1) is 11.6 Å². The van der Waals surface area contributed by atoms with Gasteiger partial charge in [-0.25, -0.2) is 0 Å². The number of nitrogens with zero attached hydrogens (tertiary/aromatic N) is 1. The van der Waals surface area contributed by atoms with E-state index in [9.17, 15) is 15.0 Å². The number of phenolic OH excluding ortho intramolecular Hbond substituents is 2. The van der Waals surface area contributed by atoms with E-state index in [1.807, 2.05) is 18.2 Å². The average Bonchev–Trinajstić information content (AvgIpc) is 2.52. The highest BCUT2D eigenvalue weighted by Crippen LogP contribution is 2.35. The Balaban J connectivity index is 2.02. The zero-order valence-corrected chi connectivity index (χ0v) is 14.3. The fraction of sp³-hybridized carbons (Fsp3) is 0.235. The lowest BCUT2D eigenvalue weighted by Gasteiger charge is -2.18. The number of rotatable bonds is 7. The predicted octanol–water partition coefficient (Wildman–Crippen LogP) is 3.07. The molecular weight excluding hydrogens is 362 g/mol. The zero-order valence-electron chi connectivity index (χ0n) is 12.7. The smallest absolute Gasteiger partial charge is 0.210 e. The van der Waals surface area contributed by atoms with Crippen molar-refractivity contribution in [2.24, 2.45) is 0 Å². The molecule has 5 nitrogen and oxygen atoms in total. The topological polar surface area (TPSA) is 70.0 Å². The number of ether oxygens (including phenoxy) is 1. The lowest BCUT2D eigenvalue weighted by atomic mass is 10.1. The van der Waals surface area contributed by atoms with E-state index in [0.717, 1.165) is 17.5 Å². The number of amides is 1. The molecule has 0 heterocycles. The van der Waals surface area contributed by atoms with Crippen LogP contribution in [0.15, 0.2) is 40.9 Å². The molecule has 2 aromatic rings. The normalized spacial score (nSPS) is 10.3. The minimum atomic E-state index is 0.0289. The fourth-order valence-electron chi connectivity index (χ4n) is 2.27. The second kappa shape index (κ2) is 7.87. The van der Waals surface area contributed by atoms with Crippen LogP contribution in [0.5, 0.6) is 17.2 Å². The molecule has 0 saturated carbocycles. The molecule has 1 amide bonds. The summed E-state index contributed by atoms with van der Waals surface area (Å²) in [6.07, 6.45) is 1.47. The summed E-state index contributed by atoms with van der Waals surface area (Å²) >= 11 is 3.34. The summed E-state index contributed by atoms with van der Waals surface area (Å²) in [5, 5.41) is 19.2. The van der Waals surface area contributed by atoms with Gasteiger partial charge in [-0.1, -0.05) is 12.1 Å². The van der Waals surface area contributed by atoms with Gasteiger partial charge in [-0.05, 0) is 57.7 Å². The minimum Gasteiger partial charge on any atom is -0.508 e. The first-order valence-electron chi connectivity index (χ1n) is 7.06. The van der Waals surface area contributed by atoms with E-state index >= 15 is 0 Å². The molecule has 6 heteroatoms. The standard InChI is InChI=1S/C17H18BrNO4/c1-23-17-15(18)8-13(9-16(17)22)10-19(11-20)7-6-12-2-4-14(21)5-3-12/h2-5,8-9,11,21-22H,6-7,10H2,1H3. The molecule has 0 fully saturated rings. The Kier molecular flexibility index (Phi) is 5.87. The van der Waals surface area contributed by atoms with Gasteiger partial charge in [-0.3, -0.25) is 4.79 Å². The molecular formula is C17H18BrNO4. The lowest BCUT2D eigenvalue weighted by molar-refractivity contribution is -0.118. The van der Waals surface area contributed by atoms with Crippen LogP contribution in [-0.2, 0) is 17.8 Å². The zero-order chi connectivity index (χ0) is 16.8. The molecule has 2 rings (SSSR count). The summed E-state index contributed by atoms with van der Waals surface area (Å²) in [5.74, 6) is 0.622. The summed E-state index contributed by atoms with van der Waals surface area (Å²) in [6, 6.07) is 10.3. The number of hydrogen-bond acceptors (Lipinski definition) is 4. The largest absolute Gasteiger partial charge is 0.508 e. The van der Waals surface area contributed by atoms with Crippen LogP contribution >= 0.6 is 15.9 Å². The molecule has 122 valence electrons. The van der Waals surface area contributed by atoms with Gasteiger partial charge in [-0.2, -0.15) is 0 Å². The van der Waals surface area contributed by atoms with Crippen molar-refractivity contribution in [1.29, 1.82) is 0 Å². The SMILES string of the molecule is COc1c(O)cc(CN(C=O)CCc2ccc(O)cc2)cc1Br. The van der Waals surface area contributed by atoms with Crippen LogP contribution in [0.2, 0.25) is 0 Å². The van der Waals surface area contributed by atoms with Crippen molar-refractivity contribution in [1.82, 2.24) is 4.90 Å². The molecule has 2 N–H and O–H groups in total. The van der Waals surface area contributed by atoms with E-state index in [0.29, 0.717) is 29.7 Å². The number of carbonyl (C=O) groups excluding carboxylic acids is 1. The second-order valence-corrected chi connectivity index (χ2v) is 5.98. The van der Waals surface area contributed by atoms with Crippen LogP contribution in [0.1, 0.15) is 11.1 Å². The molecule has 0 aromatic heterocycles. The predicted molar refractivity (Wildman–Crippen MR) is 90.6 cm³/mol. The summed E-state index contributed by atoms with van der Waals surface area (Å²) in [7, 11) is 1.48. The van der Waals surface area contributed by atoms with Gasteiger partial charge in [0.1, 0.15) is 5.75 Å². The Labute approximate surface area is 143 Å². The number of hydrogen-bond donors (Lipinski definition) is 2. The van der Waals surface area contributed by atoms with Crippen molar-refractivity contribution >= 4 is 22.3 Å². The Morgan fingerprint density at radius 3 is 2.43 bits per heavy atom. The van der Waals surface area contributed by atoms with Crippen molar-refractivity contribution in [2.45, 2.75) is 13.0 Å². The van der Waals surface area contributed by atoms with Gasteiger partial charge in [-0.15, -0.1) is 0 Å². The summed E-state index contributed by atoms with van der Waals surface area (Å²) in [4.78, 5) is 12.9. The van der Waals surface area contributed by atoms with Crippen LogP contribution in [0.25, 0.3) is 0 Å². The van der Waals surface area contributed by atoms with Crippen LogP contribution in [0.4, 0.5) is 0 Å². The van der Waals surface area contributed by atoms with Gasteiger partial charge in [0.2, 0.25) is 6.41 Å². The molecule has 0 aliphatic heterocycles. The molecule has 0 radical (unpaired) electrons. The molecule has 0 spiro atoms. The third-order valence-corrected chi connectivity index (χ3v) is 4.04. The number of carbonyl (C=O) groups is 1. The quantitative estimate of drug-likeness (QED) is 0.725. The molecule has 23 heavy (non-hydrogen) atoms. The second-order valence-electron chi connectivity index (χ2n) is 5.12. The molecule has 0 aliphatic carbocycles. The summed E-state index contributed by atoms with van der Waals surface area (Å²) in [6.45, 7) is 0.927. The first-order chi connectivity index (χ1) is 11.0. The van der Waals surface area contributed by atoms with Crippen LogP contribution in [0, 0.1) is 0 Å². The van der Waals surface area contributed by atoms with E-state index in [2.05, 4.69) is 15.9 Å². The van der Waals surface area contributed by atoms with E-state index in [1.54, 1.807) is 23.1 Å². The highest BCUT2D eigenvalue weighted by atomic mass is 79.9. The number of aromatic hydroxyl groups is 2. The molecule has 0 saturated heterocycles. The Morgan fingerprint density at radius 2 is 1.87 bits per heavy atom. The molecule has 0 atom stereocenters. The minimum absolute atomic E-state index is 0.0289. The maximum atomic E-state index is 11.3. The Bertz CT molecular complexity index is 650. The van der Waals surface area contributed by atoms with Crippen molar-refractivity contribution in [3.05, 3.63) is 52.0 Å². The highest BCUT2D eigenvalue weighted by molar-refractivity contribution is 9.10. The molecule has 0 unspecified atom stereocenters. The third-order valence-electron chi connectivity index (χ3n) is 3.45. The van der Waals surface area contributed by atoms with Crippen molar-refractivity contribution in [3.8, 4) is 17.2 Å².